The minimum atomic E-state index is -0.131. The normalized spacial score (nSPS) is 12.8. The maximum absolute atomic E-state index is 8.63. The summed E-state index contributed by atoms with van der Waals surface area (Å²) in [5, 5.41) is 9.08. The molecule has 0 saturated heterocycles. The lowest BCUT2D eigenvalue weighted by molar-refractivity contribution is 0.280. The smallest absolute Gasteiger partial charge is 0.133 e. The van der Waals surface area contributed by atoms with Crippen LogP contribution in [0.5, 0.6) is 0 Å². The van der Waals surface area contributed by atoms with Crippen molar-refractivity contribution in [1.82, 2.24) is 4.98 Å². The average Bonchev–Trinajstić information content (AvgIpc) is 2.15. The molecule has 0 amide bonds. The highest BCUT2D eigenvalue weighted by Gasteiger charge is 2.09. The van der Waals surface area contributed by atoms with E-state index in [-0.39, 0.29) is 12.6 Å². The van der Waals surface area contributed by atoms with E-state index in [0.717, 1.165) is 12.0 Å². The first-order valence-electron chi connectivity index (χ1n) is 4.22. The Balaban J connectivity index is 2.65. The number of aliphatic hydroxyl groups excluding tert-OH is 1. The Kier molecular flexibility index (Phi) is 4.15. The molecule has 0 aliphatic rings. The minimum Gasteiger partial charge on any atom is -0.396 e. The molecule has 13 heavy (non-hydrogen) atoms. The van der Waals surface area contributed by atoms with E-state index in [4.69, 9.17) is 22.4 Å². The van der Waals surface area contributed by atoms with Gasteiger partial charge in [0.25, 0.3) is 0 Å². The number of halogens is 1. The van der Waals surface area contributed by atoms with Crippen molar-refractivity contribution < 1.29 is 5.11 Å². The zero-order valence-electron chi connectivity index (χ0n) is 7.28. The number of nitrogens with two attached hydrogens (primary N) is 1. The number of rotatable bonds is 4. The van der Waals surface area contributed by atoms with Gasteiger partial charge in [0, 0.05) is 24.4 Å². The molecule has 1 aromatic heterocycles. The number of aromatic nitrogens is 1. The van der Waals surface area contributed by atoms with Gasteiger partial charge in [0.05, 0.1) is 0 Å². The van der Waals surface area contributed by atoms with Crippen molar-refractivity contribution in [1.29, 1.82) is 0 Å². The average molecular weight is 201 g/mol. The summed E-state index contributed by atoms with van der Waals surface area (Å²) < 4.78 is 0. The van der Waals surface area contributed by atoms with Crippen molar-refractivity contribution in [3.8, 4) is 0 Å². The maximum Gasteiger partial charge on any atom is 0.133 e. The van der Waals surface area contributed by atoms with Gasteiger partial charge in [-0.3, -0.25) is 0 Å². The van der Waals surface area contributed by atoms with Gasteiger partial charge in [0.15, 0.2) is 0 Å². The molecule has 1 aromatic rings. The van der Waals surface area contributed by atoms with Crippen LogP contribution in [0.3, 0.4) is 0 Å². The Hall–Kier alpha value is -0.640. The SMILES string of the molecule is N[C@H](CCCO)c1cccnc1Cl. The molecule has 0 radical (unpaired) electrons. The number of pyridine rings is 1. The van der Waals surface area contributed by atoms with Gasteiger partial charge in [-0.2, -0.15) is 0 Å². The maximum atomic E-state index is 8.63. The number of hydrogen-bond acceptors (Lipinski definition) is 3. The lowest BCUT2D eigenvalue weighted by Crippen LogP contribution is -2.11. The molecule has 0 aromatic carbocycles. The van der Waals surface area contributed by atoms with E-state index >= 15 is 0 Å². The van der Waals surface area contributed by atoms with E-state index in [1.54, 1.807) is 12.3 Å². The fourth-order valence-corrected chi connectivity index (χ4v) is 1.40. The fraction of sp³-hybridized carbons (Fsp3) is 0.444. The third-order valence-electron chi connectivity index (χ3n) is 1.86. The molecular weight excluding hydrogens is 188 g/mol. The van der Waals surface area contributed by atoms with E-state index in [1.807, 2.05) is 6.07 Å². The third kappa shape index (κ3) is 2.95. The van der Waals surface area contributed by atoms with Crippen molar-refractivity contribution in [3.05, 3.63) is 29.0 Å². The Bertz CT molecular complexity index is 268. The molecule has 3 N–H and O–H groups in total. The fourth-order valence-electron chi connectivity index (χ4n) is 1.14. The van der Waals surface area contributed by atoms with E-state index < -0.39 is 0 Å². The van der Waals surface area contributed by atoms with Gasteiger partial charge >= 0.3 is 0 Å². The van der Waals surface area contributed by atoms with Gasteiger partial charge in [-0.25, -0.2) is 4.98 Å². The lowest BCUT2D eigenvalue weighted by Gasteiger charge is -2.11. The quantitative estimate of drug-likeness (QED) is 0.725. The monoisotopic (exact) mass is 200 g/mol. The summed E-state index contributed by atoms with van der Waals surface area (Å²) in [7, 11) is 0. The Morgan fingerprint density at radius 2 is 2.38 bits per heavy atom. The molecule has 1 rings (SSSR count). The summed E-state index contributed by atoms with van der Waals surface area (Å²) >= 11 is 5.84. The van der Waals surface area contributed by atoms with Crippen LogP contribution in [0.1, 0.15) is 24.4 Å². The summed E-state index contributed by atoms with van der Waals surface area (Å²) in [6.07, 6.45) is 3.04. The molecule has 0 aliphatic carbocycles. The molecule has 0 spiro atoms. The van der Waals surface area contributed by atoms with Crippen LogP contribution in [0.15, 0.2) is 18.3 Å². The molecule has 0 saturated carbocycles. The Labute approximate surface area is 82.5 Å². The minimum absolute atomic E-state index is 0.131. The summed E-state index contributed by atoms with van der Waals surface area (Å²) in [6, 6.07) is 3.53. The standard InChI is InChI=1S/C9H13ClN2O/c10-9-7(3-1-5-12-9)8(11)4-2-6-13/h1,3,5,8,13H,2,4,6,11H2/t8-/m1/s1. The summed E-state index contributed by atoms with van der Waals surface area (Å²) in [5.74, 6) is 0. The van der Waals surface area contributed by atoms with E-state index in [2.05, 4.69) is 4.98 Å². The van der Waals surface area contributed by atoms with Crippen LogP contribution < -0.4 is 5.73 Å². The molecule has 0 bridgehead atoms. The first-order valence-corrected chi connectivity index (χ1v) is 4.60. The van der Waals surface area contributed by atoms with Crippen LogP contribution in [0.2, 0.25) is 5.15 Å². The van der Waals surface area contributed by atoms with Gasteiger partial charge < -0.3 is 10.8 Å². The van der Waals surface area contributed by atoms with Gasteiger partial charge in [0.2, 0.25) is 0 Å². The lowest BCUT2D eigenvalue weighted by atomic mass is 10.1. The summed E-state index contributed by atoms with van der Waals surface area (Å²) in [5.41, 5.74) is 6.69. The van der Waals surface area contributed by atoms with Gasteiger partial charge in [-0.05, 0) is 18.9 Å². The highest BCUT2D eigenvalue weighted by Crippen LogP contribution is 2.21. The second-order valence-electron chi connectivity index (χ2n) is 2.86. The second kappa shape index (κ2) is 5.17. The van der Waals surface area contributed by atoms with Crippen molar-refractivity contribution in [2.24, 2.45) is 5.73 Å². The van der Waals surface area contributed by atoms with Crippen molar-refractivity contribution in [2.45, 2.75) is 18.9 Å². The largest absolute Gasteiger partial charge is 0.396 e. The molecule has 4 heteroatoms. The van der Waals surface area contributed by atoms with Gasteiger partial charge in [-0.15, -0.1) is 0 Å². The zero-order valence-corrected chi connectivity index (χ0v) is 8.04. The van der Waals surface area contributed by atoms with E-state index in [9.17, 15) is 0 Å². The van der Waals surface area contributed by atoms with Crippen molar-refractivity contribution in [3.63, 3.8) is 0 Å². The molecule has 3 nitrogen and oxygen atoms in total. The molecule has 0 unspecified atom stereocenters. The molecule has 1 heterocycles. The number of hydrogen-bond donors (Lipinski definition) is 2. The first kappa shape index (κ1) is 10.4. The van der Waals surface area contributed by atoms with Crippen LogP contribution in [-0.2, 0) is 0 Å². The molecule has 72 valence electrons. The van der Waals surface area contributed by atoms with E-state index in [1.165, 1.54) is 0 Å². The number of aliphatic hydroxyl groups is 1. The third-order valence-corrected chi connectivity index (χ3v) is 2.18. The van der Waals surface area contributed by atoms with Crippen LogP contribution in [0.25, 0.3) is 0 Å². The molecular formula is C9H13ClN2O. The number of nitrogens with zero attached hydrogens (tertiary/aromatic N) is 1. The summed E-state index contributed by atoms with van der Waals surface area (Å²) in [6.45, 7) is 0.158. The molecule has 0 aliphatic heterocycles. The second-order valence-corrected chi connectivity index (χ2v) is 3.21. The molecule has 1 atom stereocenters. The predicted molar refractivity (Wildman–Crippen MR) is 52.5 cm³/mol. The topological polar surface area (TPSA) is 59.1 Å². The predicted octanol–water partition coefficient (Wildman–Crippen LogP) is 1.51. The Morgan fingerprint density at radius 1 is 1.62 bits per heavy atom. The van der Waals surface area contributed by atoms with Crippen LogP contribution in [0.4, 0.5) is 0 Å². The van der Waals surface area contributed by atoms with E-state index in [0.29, 0.717) is 11.6 Å². The van der Waals surface area contributed by atoms with Crippen LogP contribution in [0, 0.1) is 0 Å². The highest BCUT2D eigenvalue weighted by atomic mass is 35.5. The van der Waals surface area contributed by atoms with Crippen LogP contribution in [-0.4, -0.2) is 16.7 Å². The molecule has 0 fully saturated rings. The van der Waals surface area contributed by atoms with Crippen molar-refractivity contribution >= 4 is 11.6 Å². The van der Waals surface area contributed by atoms with Gasteiger partial charge in [-0.1, -0.05) is 17.7 Å². The Morgan fingerprint density at radius 3 is 3.00 bits per heavy atom. The summed E-state index contributed by atoms with van der Waals surface area (Å²) in [4.78, 5) is 3.93. The highest BCUT2D eigenvalue weighted by molar-refractivity contribution is 6.30. The first-order chi connectivity index (χ1) is 6.25. The van der Waals surface area contributed by atoms with Gasteiger partial charge in [0.1, 0.15) is 5.15 Å². The van der Waals surface area contributed by atoms with Crippen molar-refractivity contribution in [2.75, 3.05) is 6.61 Å². The van der Waals surface area contributed by atoms with Crippen LogP contribution >= 0.6 is 11.6 Å². The zero-order chi connectivity index (χ0) is 9.68.